The molecule has 1 aliphatic rings. The summed E-state index contributed by atoms with van der Waals surface area (Å²) in [5.41, 5.74) is 1.95. The van der Waals surface area contributed by atoms with Crippen molar-refractivity contribution in [3.05, 3.63) is 56.2 Å². The molecule has 0 unspecified atom stereocenters. The van der Waals surface area contributed by atoms with Gasteiger partial charge in [0.2, 0.25) is 6.79 Å². The van der Waals surface area contributed by atoms with Gasteiger partial charge in [-0.1, -0.05) is 15.9 Å². The lowest BCUT2D eigenvalue weighted by Crippen LogP contribution is -2.13. The Kier molecular flexibility index (Phi) is 4.47. The molecule has 21 heavy (non-hydrogen) atoms. The van der Waals surface area contributed by atoms with Gasteiger partial charge in [0.15, 0.2) is 11.5 Å². The summed E-state index contributed by atoms with van der Waals surface area (Å²) >= 11 is 6.88. The zero-order valence-electron chi connectivity index (χ0n) is 11.0. The van der Waals surface area contributed by atoms with Gasteiger partial charge in [-0.3, -0.25) is 0 Å². The molecular formula is C15H12Br2FNO2. The molecule has 0 radical (unpaired) electrons. The fourth-order valence-corrected chi connectivity index (χ4v) is 3.13. The highest BCUT2D eigenvalue weighted by Crippen LogP contribution is 2.39. The predicted molar refractivity (Wildman–Crippen MR) is 84.9 cm³/mol. The van der Waals surface area contributed by atoms with Gasteiger partial charge in [-0.25, -0.2) is 4.39 Å². The van der Waals surface area contributed by atoms with E-state index in [0.29, 0.717) is 13.1 Å². The number of ether oxygens (including phenoxy) is 2. The van der Waals surface area contributed by atoms with Crippen LogP contribution in [0.4, 0.5) is 4.39 Å². The van der Waals surface area contributed by atoms with Gasteiger partial charge in [0, 0.05) is 17.6 Å². The van der Waals surface area contributed by atoms with Crippen LogP contribution in [0, 0.1) is 5.82 Å². The SMILES string of the molecule is Fc1ccc(Br)c(CNCc2cc(Br)c3c(c2)OCO3)c1. The lowest BCUT2D eigenvalue weighted by Gasteiger charge is -2.09. The second-order valence-electron chi connectivity index (χ2n) is 4.65. The van der Waals surface area contributed by atoms with Crippen LogP contribution in [0.15, 0.2) is 39.3 Å². The van der Waals surface area contributed by atoms with Crippen LogP contribution in [0.5, 0.6) is 11.5 Å². The lowest BCUT2D eigenvalue weighted by molar-refractivity contribution is 0.173. The van der Waals surface area contributed by atoms with Crippen molar-refractivity contribution in [2.75, 3.05) is 6.79 Å². The van der Waals surface area contributed by atoms with Crippen molar-refractivity contribution in [1.29, 1.82) is 0 Å². The van der Waals surface area contributed by atoms with Gasteiger partial charge in [-0.2, -0.15) is 0 Å². The van der Waals surface area contributed by atoms with Crippen LogP contribution in [0.3, 0.4) is 0 Å². The van der Waals surface area contributed by atoms with Crippen LogP contribution in [0.2, 0.25) is 0 Å². The Morgan fingerprint density at radius 2 is 1.90 bits per heavy atom. The molecule has 3 rings (SSSR count). The third-order valence-corrected chi connectivity index (χ3v) is 4.50. The summed E-state index contributed by atoms with van der Waals surface area (Å²) in [5.74, 6) is 1.25. The first kappa shape index (κ1) is 14.8. The number of hydrogen-bond donors (Lipinski definition) is 1. The Balaban J connectivity index is 1.66. The highest BCUT2D eigenvalue weighted by Gasteiger charge is 2.17. The number of rotatable bonds is 4. The summed E-state index contributed by atoms with van der Waals surface area (Å²) in [6.07, 6.45) is 0. The first-order valence-corrected chi connectivity index (χ1v) is 7.95. The van der Waals surface area contributed by atoms with E-state index in [9.17, 15) is 4.39 Å². The number of halogens is 3. The quantitative estimate of drug-likeness (QED) is 0.802. The van der Waals surface area contributed by atoms with Gasteiger partial charge in [-0.05, 0) is 57.4 Å². The highest BCUT2D eigenvalue weighted by molar-refractivity contribution is 9.10. The molecule has 0 saturated heterocycles. The van der Waals surface area contributed by atoms with Crippen molar-refractivity contribution in [1.82, 2.24) is 5.32 Å². The molecular weight excluding hydrogens is 405 g/mol. The summed E-state index contributed by atoms with van der Waals surface area (Å²) in [7, 11) is 0. The van der Waals surface area contributed by atoms with E-state index in [4.69, 9.17) is 9.47 Å². The minimum Gasteiger partial charge on any atom is -0.454 e. The second-order valence-corrected chi connectivity index (χ2v) is 6.36. The summed E-state index contributed by atoms with van der Waals surface area (Å²) in [4.78, 5) is 0. The van der Waals surface area contributed by atoms with E-state index in [0.717, 1.165) is 31.6 Å². The monoisotopic (exact) mass is 415 g/mol. The van der Waals surface area contributed by atoms with Gasteiger partial charge in [-0.15, -0.1) is 0 Å². The van der Waals surface area contributed by atoms with E-state index in [1.165, 1.54) is 12.1 Å². The fourth-order valence-electron chi connectivity index (χ4n) is 2.14. The molecule has 0 aromatic heterocycles. The molecule has 0 aliphatic carbocycles. The Bertz CT molecular complexity index is 679. The molecule has 0 amide bonds. The Morgan fingerprint density at radius 1 is 1.05 bits per heavy atom. The highest BCUT2D eigenvalue weighted by atomic mass is 79.9. The van der Waals surface area contributed by atoms with Crippen LogP contribution < -0.4 is 14.8 Å². The molecule has 0 fully saturated rings. The Labute approximate surface area is 138 Å². The van der Waals surface area contributed by atoms with Gasteiger partial charge in [0.25, 0.3) is 0 Å². The van der Waals surface area contributed by atoms with Gasteiger partial charge < -0.3 is 14.8 Å². The first-order valence-electron chi connectivity index (χ1n) is 6.36. The van der Waals surface area contributed by atoms with Crippen LogP contribution in [0.25, 0.3) is 0 Å². The van der Waals surface area contributed by atoms with E-state index in [1.807, 2.05) is 12.1 Å². The normalized spacial score (nSPS) is 12.7. The third-order valence-electron chi connectivity index (χ3n) is 3.14. The maximum Gasteiger partial charge on any atom is 0.231 e. The molecule has 110 valence electrons. The standard InChI is InChI=1S/C15H12Br2FNO2/c16-12-2-1-11(18)5-10(12)7-19-6-9-3-13(17)15-14(4-9)20-8-21-15/h1-5,19H,6-8H2. The van der Waals surface area contributed by atoms with Crippen LogP contribution in [-0.4, -0.2) is 6.79 Å². The van der Waals surface area contributed by atoms with Crippen molar-refractivity contribution in [2.45, 2.75) is 13.1 Å². The van der Waals surface area contributed by atoms with E-state index in [2.05, 4.69) is 37.2 Å². The minimum atomic E-state index is -0.235. The van der Waals surface area contributed by atoms with E-state index in [1.54, 1.807) is 6.07 Å². The van der Waals surface area contributed by atoms with Gasteiger partial charge >= 0.3 is 0 Å². The fraction of sp³-hybridized carbons (Fsp3) is 0.200. The smallest absolute Gasteiger partial charge is 0.231 e. The van der Waals surface area contributed by atoms with Gasteiger partial charge in [0.1, 0.15) is 5.82 Å². The first-order chi connectivity index (χ1) is 10.1. The average molecular weight is 417 g/mol. The van der Waals surface area contributed by atoms with Crippen molar-refractivity contribution in [3.8, 4) is 11.5 Å². The largest absolute Gasteiger partial charge is 0.454 e. The molecule has 1 N–H and O–H groups in total. The summed E-state index contributed by atoms with van der Waals surface area (Å²) in [6.45, 7) is 1.48. The molecule has 6 heteroatoms. The Morgan fingerprint density at radius 3 is 2.76 bits per heavy atom. The van der Waals surface area contributed by atoms with Crippen molar-refractivity contribution >= 4 is 31.9 Å². The molecule has 0 bridgehead atoms. The van der Waals surface area contributed by atoms with E-state index < -0.39 is 0 Å². The topological polar surface area (TPSA) is 30.5 Å². The van der Waals surface area contributed by atoms with Crippen molar-refractivity contribution < 1.29 is 13.9 Å². The van der Waals surface area contributed by atoms with Crippen LogP contribution >= 0.6 is 31.9 Å². The van der Waals surface area contributed by atoms with Crippen LogP contribution in [-0.2, 0) is 13.1 Å². The van der Waals surface area contributed by atoms with Gasteiger partial charge in [0.05, 0.1) is 4.47 Å². The number of nitrogens with one attached hydrogen (secondary N) is 1. The number of hydrogen-bond acceptors (Lipinski definition) is 3. The molecule has 2 aromatic carbocycles. The zero-order valence-corrected chi connectivity index (χ0v) is 14.1. The number of benzene rings is 2. The Hall–Kier alpha value is -1.11. The summed E-state index contributed by atoms with van der Waals surface area (Å²) in [6, 6.07) is 8.60. The summed E-state index contributed by atoms with van der Waals surface area (Å²) in [5, 5.41) is 3.29. The molecule has 0 saturated carbocycles. The molecule has 2 aromatic rings. The van der Waals surface area contributed by atoms with Crippen LogP contribution in [0.1, 0.15) is 11.1 Å². The third kappa shape index (κ3) is 3.39. The molecule has 1 heterocycles. The maximum absolute atomic E-state index is 13.2. The molecule has 3 nitrogen and oxygen atoms in total. The van der Waals surface area contributed by atoms with Crippen molar-refractivity contribution in [2.24, 2.45) is 0 Å². The zero-order chi connectivity index (χ0) is 14.8. The maximum atomic E-state index is 13.2. The van der Waals surface area contributed by atoms with E-state index >= 15 is 0 Å². The average Bonchev–Trinajstić information content (AvgIpc) is 2.91. The predicted octanol–water partition coefficient (Wildman–Crippen LogP) is 4.37. The molecule has 0 spiro atoms. The molecule has 1 aliphatic heterocycles. The summed E-state index contributed by atoms with van der Waals surface area (Å²) < 4.78 is 25.7. The lowest BCUT2D eigenvalue weighted by atomic mass is 10.2. The number of fused-ring (bicyclic) bond motifs is 1. The second kappa shape index (κ2) is 6.34. The van der Waals surface area contributed by atoms with E-state index in [-0.39, 0.29) is 12.6 Å². The van der Waals surface area contributed by atoms with Crippen molar-refractivity contribution in [3.63, 3.8) is 0 Å². The minimum absolute atomic E-state index is 0.235. The molecule has 0 atom stereocenters.